The number of aromatic nitrogens is 2. The van der Waals surface area contributed by atoms with Gasteiger partial charge in [0.25, 0.3) is 5.91 Å². The number of nitrogens with zero attached hydrogens (tertiary/aromatic N) is 2. The van der Waals surface area contributed by atoms with Crippen molar-refractivity contribution in [1.29, 1.82) is 0 Å². The van der Waals surface area contributed by atoms with Gasteiger partial charge in [-0.05, 0) is 65.0 Å². The molecule has 1 heterocycles. The maximum absolute atomic E-state index is 12.7. The fraction of sp³-hybridized carbons (Fsp3) is 0.375. The Morgan fingerprint density at radius 2 is 1.88 bits per heavy atom. The Labute approximate surface area is 195 Å². The van der Waals surface area contributed by atoms with Gasteiger partial charge < -0.3 is 14.8 Å². The van der Waals surface area contributed by atoms with Crippen molar-refractivity contribution >= 4 is 38.7 Å². The largest absolute Gasteiger partial charge is 0.496 e. The molecule has 168 valence electrons. The van der Waals surface area contributed by atoms with Crippen LogP contribution in [0.2, 0.25) is 0 Å². The Morgan fingerprint density at radius 1 is 1.12 bits per heavy atom. The van der Waals surface area contributed by atoms with Crippen LogP contribution in [0.25, 0.3) is 10.9 Å². The molecular weight excluding hydrogens is 474 g/mol. The van der Waals surface area contributed by atoms with E-state index in [4.69, 9.17) is 9.47 Å². The minimum atomic E-state index is -0.421. The van der Waals surface area contributed by atoms with Gasteiger partial charge in [-0.25, -0.2) is 4.79 Å². The van der Waals surface area contributed by atoms with Gasteiger partial charge >= 0.3 is 5.97 Å². The summed E-state index contributed by atoms with van der Waals surface area (Å²) in [5.41, 5.74) is 2.72. The number of nitrogens with one attached hydrogen (secondary N) is 1. The molecule has 3 aromatic rings. The van der Waals surface area contributed by atoms with Gasteiger partial charge in [-0.15, -0.1) is 0 Å². The van der Waals surface area contributed by atoms with E-state index in [0.29, 0.717) is 33.9 Å². The predicted octanol–water partition coefficient (Wildman–Crippen LogP) is 4.56. The van der Waals surface area contributed by atoms with Gasteiger partial charge in [-0.2, -0.15) is 5.10 Å². The van der Waals surface area contributed by atoms with Gasteiger partial charge in [0, 0.05) is 23.1 Å². The first-order valence-corrected chi connectivity index (χ1v) is 11.5. The number of hydrogen-bond donors (Lipinski definition) is 1. The molecule has 32 heavy (non-hydrogen) atoms. The molecule has 0 aliphatic heterocycles. The topological polar surface area (TPSA) is 82.5 Å². The second kappa shape index (κ2) is 9.73. The summed E-state index contributed by atoms with van der Waals surface area (Å²) >= 11 is 3.52. The standard InChI is InChI=1S/C24H26BrN3O4/c1-31-21-12-17(24(30)32-2)7-8-18(21)14-28-20-11-16(9-10-19(20)22(25)27-28)23(29)26-13-15-5-3-4-6-15/h7-12,15H,3-6,13-14H2,1-2H3,(H,26,29). The van der Waals surface area contributed by atoms with Gasteiger partial charge in [-0.1, -0.05) is 18.9 Å². The van der Waals surface area contributed by atoms with Crippen molar-refractivity contribution < 1.29 is 19.1 Å². The SMILES string of the molecule is COC(=O)c1ccc(Cn2nc(Br)c3ccc(C(=O)NCC4CCCC4)cc32)c(OC)c1. The second-order valence-corrected chi connectivity index (χ2v) is 8.81. The lowest BCUT2D eigenvalue weighted by molar-refractivity contribution is 0.0600. The van der Waals surface area contributed by atoms with Crippen LogP contribution in [-0.2, 0) is 11.3 Å². The van der Waals surface area contributed by atoms with E-state index in [2.05, 4.69) is 26.3 Å². The number of hydrogen-bond acceptors (Lipinski definition) is 5. The van der Waals surface area contributed by atoms with E-state index in [0.717, 1.165) is 23.0 Å². The predicted molar refractivity (Wildman–Crippen MR) is 125 cm³/mol. The highest BCUT2D eigenvalue weighted by molar-refractivity contribution is 9.10. The first-order chi connectivity index (χ1) is 15.5. The molecule has 0 bridgehead atoms. The molecule has 1 aromatic heterocycles. The number of ether oxygens (including phenoxy) is 2. The Balaban J connectivity index is 1.59. The van der Waals surface area contributed by atoms with Crippen LogP contribution >= 0.6 is 15.9 Å². The number of benzene rings is 2. The third-order valence-electron chi connectivity index (χ3n) is 6.02. The normalized spacial score (nSPS) is 14.0. The van der Waals surface area contributed by atoms with Gasteiger partial charge in [-0.3, -0.25) is 9.48 Å². The van der Waals surface area contributed by atoms with E-state index < -0.39 is 5.97 Å². The number of halogens is 1. The summed E-state index contributed by atoms with van der Waals surface area (Å²) in [6.45, 7) is 1.14. The summed E-state index contributed by atoms with van der Waals surface area (Å²) in [6, 6.07) is 10.8. The van der Waals surface area contributed by atoms with E-state index in [-0.39, 0.29) is 5.91 Å². The zero-order chi connectivity index (χ0) is 22.7. The minimum absolute atomic E-state index is 0.0670. The van der Waals surface area contributed by atoms with E-state index in [9.17, 15) is 9.59 Å². The molecule has 0 spiro atoms. The lowest BCUT2D eigenvalue weighted by Crippen LogP contribution is -2.28. The quantitative estimate of drug-likeness (QED) is 0.481. The Kier molecular flexibility index (Phi) is 6.79. The fourth-order valence-corrected chi connectivity index (χ4v) is 4.76. The number of carbonyl (C=O) groups is 2. The number of esters is 1. The summed E-state index contributed by atoms with van der Waals surface area (Å²) < 4.78 is 12.8. The molecule has 1 saturated carbocycles. The van der Waals surface area contributed by atoms with Crippen molar-refractivity contribution in [2.75, 3.05) is 20.8 Å². The van der Waals surface area contributed by atoms with E-state index >= 15 is 0 Å². The van der Waals surface area contributed by atoms with Gasteiger partial charge in [0.05, 0.1) is 31.8 Å². The second-order valence-electron chi connectivity index (χ2n) is 8.06. The zero-order valence-electron chi connectivity index (χ0n) is 18.2. The number of fused-ring (bicyclic) bond motifs is 1. The van der Waals surface area contributed by atoms with Crippen molar-refractivity contribution in [3.05, 3.63) is 57.7 Å². The Morgan fingerprint density at radius 3 is 2.59 bits per heavy atom. The van der Waals surface area contributed by atoms with Crippen molar-refractivity contribution in [1.82, 2.24) is 15.1 Å². The number of carbonyl (C=O) groups excluding carboxylic acids is 2. The highest BCUT2D eigenvalue weighted by atomic mass is 79.9. The van der Waals surface area contributed by atoms with Crippen molar-refractivity contribution in [3.8, 4) is 5.75 Å². The average Bonchev–Trinajstić information content (AvgIpc) is 3.45. The number of amides is 1. The summed E-state index contributed by atoms with van der Waals surface area (Å²) in [5, 5.41) is 8.60. The van der Waals surface area contributed by atoms with Crippen LogP contribution in [0.1, 0.15) is 52.0 Å². The van der Waals surface area contributed by atoms with Gasteiger partial charge in [0.2, 0.25) is 0 Å². The summed E-state index contributed by atoms with van der Waals surface area (Å²) in [5.74, 6) is 0.666. The molecule has 1 aliphatic rings. The van der Waals surface area contributed by atoms with Crippen LogP contribution in [0.5, 0.6) is 5.75 Å². The lowest BCUT2D eigenvalue weighted by Gasteiger charge is -2.12. The maximum atomic E-state index is 12.7. The van der Waals surface area contributed by atoms with Crippen molar-refractivity contribution in [2.24, 2.45) is 5.92 Å². The molecule has 1 N–H and O–H groups in total. The van der Waals surface area contributed by atoms with E-state index in [1.807, 2.05) is 28.9 Å². The number of methoxy groups -OCH3 is 2. The maximum Gasteiger partial charge on any atom is 0.337 e. The van der Waals surface area contributed by atoms with Gasteiger partial charge in [0.1, 0.15) is 10.4 Å². The molecule has 1 fully saturated rings. The van der Waals surface area contributed by atoms with E-state index in [1.54, 1.807) is 19.2 Å². The molecule has 4 rings (SSSR count). The van der Waals surface area contributed by atoms with Gasteiger partial charge in [0.15, 0.2) is 0 Å². The molecule has 8 heteroatoms. The van der Waals surface area contributed by atoms with Crippen LogP contribution in [0.3, 0.4) is 0 Å². The minimum Gasteiger partial charge on any atom is -0.496 e. The van der Waals surface area contributed by atoms with Crippen LogP contribution in [-0.4, -0.2) is 42.4 Å². The van der Waals surface area contributed by atoms with Crippen molar-refractivity contribution in [3.63, 3.8) is 0 Å². The van der Waals surface area contributed by atoms with E-state index in [1.165, 1.54) is 32.8 Å². The van der Waals surface area contributed by atoms with Crippen molar-refractivity contribution in [2.45, 2.75) is 32.2 Å². The van der Waals surface area contributed by atoms with Crippen LogP contribution in [0, 0.1) is 5.92 Å². The van der Waals surface area contributed by atoms with Crippen LogP contribution in [0.4, 0.5) is 0 Å². The molecule has 0 radical (unpaired) electrons. The summed E-state index contributed by atoms with van der Waals surface area (Å²) in [6.07, 6.45) is 4.89. The highest BCUT2D eigenvalue weighted by Crippen LogP contribution is 2.28. The van der Waals surface area contributed by atoms with Crippen LogP contribution in [0.15, 0.2) is 41.0 Å². The smallest absolute Gasteiger partial charge is 0.337 e. The molecule has 0 saturated heterocycles. The molecule has 2 aromatic carbocycles. The molecule has 0 atom stereocenters. The molecule has 0 unspecified atom stereocenters. The summed E-state index contributed by atoms with van der Waals surface area (Å²) in [4.78, 5) is 24.6. The zero-order valence-corrected chi connectivity index (χ0v) is 19.8. The third kappa shape index (κ3) is 4.65. The molecular formula is C24H26BrN3O4. The number of rotatable bonds is 7. The third-order valence-corrected chi connectivity index (χ3v) is 6.61. The first kappa shape index (κ1) is 22.3. The molecule has 1 aliphatic carbocycles. The molecule has 1 amide bonds. The lowest BCUT2D eigenvalue weighted by atomic mass is 10.1. The monoisotopic (exact) mass is 499 g/mol. The van der Waals surface area contributed by atoms with Crippen LogP contribution < -0.4 is 10.1 Å². The summed E-state index contributed by atoms with van der Waals surface area (Å²) in [7, 11) is 2.90. The first-order valence-electron chi connectivity index (χ1n) is 10.7. The molecule has 7 nitrogen and oxygen atoms in total. The highest BCUT2D eigenvalue weighted by Gasteiger charge is 2.18. The average molecular weight is 500 g/mol. The Hall–Kier alpha value is -2.87. The Bertz CT molecular complexity index is 1150. The fourth-order valence-electron chi connectivity index (χ4n) is 4.23.